The van der Waals surface area contributed by atoms with Gasteiger partial charge in [0.05, 0.1) is 25.4 Å². The SMILES string of the molecule is CCCCCCCC/C=C/CCCCCCCCCCCC(=O)OC1C(OCC(NC(=O)C(O)CCCCCCCCCCCCCCCCCCCC)C(O)/C=C/CCCCCCCCCCCC)OC(CO)C(O)C1O. The molecule has 11 heteroatoms. The summed E-state index contributed by atoms with van der Waals surface area (Å²) in [6.45, 7) is 5.83. The highest BCUT2D eigenvalue weighted by molar-refractivity contribution is 5.80. The van der Waals surface area contributed by atoms with E-state index in [4.69, 9.17) is 14.2 Å². The van der Waals surface area contributed by atoms with Gasteiger partial charge in [0, 0.05) is 6.42 Å². The van der Waals surface area contributed by atoms with Crippen LogP contribution in [0, 0.1) is 0 Å². The molecule has 8 atom stereocenters. The summed E-state index contributed by atoms with van der Waals surface area (Å²) in [6, 6.07) is -1.02. The van der Waals surface area contributed by atoms with E-state index in [-0.39, 0.29) is 13.0 Å². The lowest BCUT2D eigenvalue weighted by atomic mass is 9.99. The van der Waals surface area contributed by atoms with E-state index < -0.39 is 67.4 Å². The molecule has 1 aliphatic rings. The molecule has 0 aromatic rings. The Morgan fingerprint density at radius 2 is 0.846 bits per heavy atom. The quantitative estimate of drug-likeness (QED) is 0.0195. The van der Waals surface area contributed by atoms with Crippen molar-refractivity contribution in [3.63, 3.8) is 0 Å². The van der Waals surface area contributed by atoms with Crippen LogP contribution in [0.3, 0.4) is 0 Å². The van der Waals surface area contributed by atoms with Crippen LogP contribution in [0.15, 0.2) is 24.3 Å². The van der Waals surface area contributed by atoms with Gasteiger partial charge >= 0.3 is 5.97 Å². The fourth-order valence-corrected chi connectivity index (χ4v) is 10.8. The van der Waals surface area contributed by atoms with E-state index in [1.54, 1.807) is 6.08 Å². The molecule has 460 valence electrons. The number of nitrogens with one attached hydrogen (secondary N) is 1. The first-order chi connectivity index (χ1) is 38.2. The summed E-state index contributed by atoms with van der Waals surface area (Å²) in [6.07, 6.45) is 55.0. The van der Waals surface area contributed by atoms with Crippen LogP contribution < -0.4 is 5.32 Å². The molecule has 6 N–H and O–H groups in total. The van der Waals surface area contributed by atoms with Gasteiger partial charge in [-0.15, -0.1) is 0 Å². The summed E-state index contributed by atoms with van der Waals surface area (Å²) in [5.74, 6) is -1.18. The molecule has 0 saturated carbocycles. The minimum Gasteiger partial charge on any atom is -0.454 e. The van der Waals surface area contributed by atoms with Crippen LogP contribution >= 0.6 is 0 Å². The Kier molecular flexibility index (Phi) is 52.9. The van der Waals surface area contributed by atoms with Crippen molar-refractivity contribution in [2.45, 2.75) is 378 Å². The van der Waals surface area contributed by atoms with Crippen molar-refractivity contribution in [1.29, 1.82) is 0 Å². The topological polar surface area (TPSA) is 175 Å². The number of amides is 1. The van der Waals surface area contributed by atoms with Gasteiger partial charge in [-0.2, -0.15) is 0 Å². The van der Waals surface area contributed by atoms with E-state index >= 15 is 0 Å². The second kappa shape index (κ2) is 55.7. The van der Waals surface area contributed by atoms with Crippen molar-refractivity contribution in [2.75, 3.05) is 13.2 Å². The van der Waals surface area contributed by atoms with Gasteiger partial charge in [-0.3, -0.25) is 9.59 Å². The number of carbonyl (C=O) groups is 2. The lowest BCUT2D eigenvalue weighted by Crippen LogP contribution is -2.61. The van der Waals surface area contributed by atoms with E-state index in [0.717, 1.165) is 57.8 Å². The summed E-state index contributed by atoms with van der Waals surface area (Å²) in [7, 11) is 0. The van der Waals surface area contributed by atoms with Crippen LogP contribution in [-0.2, 0) is 23.8 Å². The van der Waals surface area contributed by atoms with Crippen molar-refractivity contribution < 1.29 is 49.3 Å². The summed E-state index contributed by atoms with van der Waals surface area (Å²) < 4.78 is 17.7. The number of ether oxygens (including phenoxy) is 3. The fraction of sp³-hybridized carbons (Fsp3) is 0.910. The Hall–Kier alpha value is -1.86. The van der Waals surface area contributed by atoms with Gasteiger partial charge in [0.25, 0.3) is 0 Å². The second-order valence-corrected chi connectivity index (χ2v) is 23.6. The van der Waals surface area contributed by atoms with Crippen molar-refractivity contribution in [1.82, 2.24) is 5.32 Å². The number of aliphatic hydroxyl groups excluding tert-OH is 5. The van der Waals surface area contributed by atoms with E-state index in [0.29, 0.717) is 19.3 Å². The lowest BCUT2D eigenvalue weighted by molar-refractivity contribution is -0.305. The predicted molar refractivity (Wildman–Crippen MR) is 324 cm³/mol. The van der Waals surface area contributed by atoms with E-state index in [2.05, 4.69) is 38.2 Å². The summed E-state index contributed by atoms with van der Waals surface area (Å²) in [5, 5.41) is 57.1. The number of carbonyl (C=O) groups excluding carboxylic acids is 2. The van der Waals surface area contributed by atoms with E-state index in [1.165, 1.54) is 225 Å². The zero-order valence-electron chi connectivity index (χ0n) is 51.1. The average molecular weight is 1110 g/mol. The Labute approximate surface area is 480 Å². The molecule has 0 spiro atoms. The van der Waals surface area contributed by atoms with Crippen molar-refractivity contribution in [3.8, 4) is 0 Å². The summed E-state index contributed by atoms with van der Waals surface area (Å²) >= 11 is 0. The number of rotatable bonds is 58. The second-order valence-electron chi connectivity index (χ2n) is 23.6. The van der Waals surface area contributed by atoms with Gasteiger partial charge in [-0.05, 0) is 51.4 Å². The number of esters is 1. The number of hydrogen-bond donors (Lipinski definition) is 6. The maximum Gasteiger partial charge on any atom is 0.306 e. The molecule has 78 heavy (non-hydrogen) atoms. The van der Waals surface area contributed by atoms with Gasteiger partial charge in [-0.1, -0.05) is 295 Å². The summed E-state index contributed by atoms with van der Waals surface area (Å²) in [4.78, 5) is 26.6. The normalized spacial score (nSPS) is 19.0. The van der Waals surface area contributed by atoms with Crippen LogP contribution in [0.4, 0.5) is 0 Å². The first-order valence-corrected chi connectivity index (χ1v) is 33.6. The van der Waals surface area contributed by atoms with Crippen LogP contribution in [0.2, 0.25) is 0 Å². The number of hydrogen-bond acceptors (Lipinski definition) is 10. The van der Waals surface area contributed by atoms with Crippen molar-refractivity contribution in [2.24, 2.45) is 0 Å². The van der Waals surface area contributed by atoms with Gasteiger partial charge in [0.15, 0.2) is 12.4 Å². The minimum atomic E-state index is -1.61. The first kappa shape index (κ1) is 74.2. The van der Waals surface area contributed by atoms with Crippen LogP contribution in [0.5, 0.6) is 0 Å². The molecule has 1 rings (SSSR count). The van der Waals surface area contributed by atoms with Gasteiger partial charge in [0.1, 0.15) is 24.4 Å². The smallest absolute Gasteiger partial charge is 0.306 e. The number of allylic oxidation sites excluding steroid dienone is 3. The summed E-state index contributed by atoms with van der Waals surface area (Å²) in [5.41, 5.74) is 0. The molecule has 0 radical (unpaired) electrons. The molecular formula is C67H127NO10. The third-order valence-corrected chi connectivity index (χ3v) is 16.1. The standard InChI is InChI=1S/C67H127NO10/c1-4-7-10-13-16-19-22-25-27-29-31-33-35-37-40-43-46-49-52-55-62(72)78-65-64(74)63(73)61(56-69)77-67(65)76-57-58(59(70)53-50-47-44-41-38-24-21-18-15-12-9-6-3)68-66(75)60(71)54-51-48-45-42-39-36-34-32-30-28-26-23-20-17-14-11-8-5-2/h25,27,50,53,58-61,63-65,67,69-71,73-74H,4-24,26,28-49,51-52,54-57H2,1-3H3,(H,68,75)/b27-25+,53-50+. The molecule has 11 nitrogen and oxygen atoms in total. The minimum absolute atomic E-state index is 0.125. The third-order valence-electron chi connectivity index (χ3n) is 16.1. The number of aliphatic hydroxyl groups is 5. The van der Waals surface area contributed by atoms with E-state index in [9.17, 15) is 35.1 Å². The predicted octanol–water partition coefficient (Wildman–Crippen LogP) is 16.5. The first-order valence-electron chi connectivity index (χ1n) is 33.6. The van der Waals surface area contributed by atoms with Gasteiger partial charge < -0.3 is 45.1 Å². The highest BCUT2D eigenvalue weighted by atomic mass is 16.7. The molecule has 1 fully saturated rings. The maximum absolute atomic E-state index is 13.4. The van der Waals surface area contributed by atoms with Gasteiger partial charge in [0.2, 0.25) is 5.91 Å². The monoisotopic (exact) mass is 1110 g/mol. The highest BCUT2D eigenvalue weighted by Crippen LogP contribution is 2.26. The van der Waals surface area contributed by atoms with Crippen molar-refractivity contribution >= 4 is 11.9 Å². The Bertz CT molecular complexity index is 1360. The third kappa shape index (κ3) is 42.9. The van der Waals surface area contributed by atoms with Crippen molar-refractivity contribution in [3.05, 3.63) is 24.3 Å². The molecule has 1 aliphatic heterocycles. The molecule has 0 aromatic carbocycles. The molecule has 0 aliphatic carbocycles. The Balaban J connectivity index is 2.62. The highest BCUT2D eigenvalue weighted by Gasteiger charge is 2.47. The number of unbranched alkanes of at least 4 members (excludes halogenated alkanes) is 42. The molecule has 1 amide bonds. The zero-order valence-corrected chi connectivity index (χ0v) is 51.1. The Morgan fingerprint density at radius 3 is 1.24 bits per heavy atom. The molecule has 0 bridgehead atoms. The Morgan fingerprint density at radius 1 is 0.487 bits per heavy atom. The zero-order chi connectivity index (χ0) is 56.8. The van der Waals surface area contributed by atoms with Crippen LogP contribution in [0.25, 0.3) is 0 Å². The van der Waals surface area contributed by atoms with Crippen LogP contribution in [0.1, 0.15) is 329 Å². The maximum atomic E-state index is 13.4. The molecule has 0 aromatic heterocycles. The lowest BCUT2D eigenvalue weighted by Gasteiger charge is -2.41. The molecule has 1 saturated heterocycles. The largest absolute Gasteiger partial charge is 0.454 e. The average Bonchev–Trinajstić information content (AvgIpc) is 3.45. The van der Waals surface area contributed by atoms with Crippen LogP contribution in [-0.4, -0.2) is 99.6 Å². The molecule has 8 unspecified atom stereocenters. The van der Waals surface area contributed by atoms with E-state index in [1.807, 2.05) is 6.08 Å². The molecular weight excluding hydrogens is 979 g/mol. The molecule has 1 heterocycles. The van der Waals surface area contributed by atoms with Gasteiger partial charge in [-0.25, -0.2) is 0 Å². The fourth-order valence-electron chi connectivity index (χ4n) is 10.8.